The zero-order chi connectivity index (χ0) is 15.1. The van der Waals surface area contributed by atoms with Gasteiger partial charge in [-0.3, -0.25) is 4.90 Å². The van der Waals surface area contributed by atoms with Crippen LogP contribution in [0.2, 0.25) is 0 Å². The highest BCUT2D eigenvalue weighted by molar-refractivity contribution is 5.25. The standard InChI is InChI=1S/C19H28N2/c1-16(2)12-13-21(19-10-6-7-11-19)15-18(14-20)17-8-4-3-5-9-17/h3-5,8-9,16,18-19H,6-7,10-13,15H2,1-2H3. The molecule has 0 aromatic heterocycles. The summed E-state index contributed by atoms with van der Waals surface area (Å²) in [6, 6.07) is 13.5. The molecule has 1 aliphatic rings. The van der Waals surface area contributed by atoms with Crippen LogP contribution >= 0.6 is 0 Å². The van der Waals surface area contributed by atoms with Crippen molar-refractivity contribution in [3.63, 3.8) is 0 Å². The summed E-state index contributed by atoms with van der Waals surface area (Å²) >= 11 is 0. The second-order valence-electron chi connectivity index (χ2n) is 6.71. The van der Waals surface area contributed by atoms with Crippen LogP contribution in [-0.2, 0) is 0 Å². The molecular formula is C19H28N2. The summed E-state index contributed by atoms with van der Waals surface area (Å²) in [7, 11) is 0. The van der Waals surface area contributed by atoms with Crippen LogP contribution in [0.4, 0.5) is 0 Å². The topological polar surface area (TPSA) is 27.0 Å². The number of nitrogens with zero attached hydrogens (tertiary/aromatic N) is 2. The lowest BCUT2D eigenvalue weighted by atomic mass is 9.98. The Kier molecular flexibility index (Phi) is 6.26. The highest BCUT2D eigenvalue weighted by Gasteiger charge is 2.25. The molecule has 0 saturated heterocycles. The van der Waals surface area contributed by atoms with Gasteiger partial charge in [0.15, 0.2) is 0 Å². The van der Waals surface area contributed by atoms with Crippen LogP contribution in [0.15, 0.2) is 30.3 Å². The molecule has 0 bridgehead atoms. The van der Waals surface area contributed by atoms with E-state index in [1.54, 1.807) is 0 Å². The zero-order valence-corrected chi connectivity index (χ0v) is 13.5. The lowest BCUT2D eigenvalue weighted by Gasteiger charge is -2.31. The van der Waals surface area contributed by atoms with Gasteiger partial charge < -0.3 is 0 Å². The molecule has 1 aliphatic carbocycles. The predicted molar refractivity (Wildman–Crippen MR) is 88.1 cm³/mol. The SMILES string of the molecule is CC(C)CCN(CC(C#N)c1ccccc1)C1CCCC1. The maximum Gasteiger partial charge on any atom is 0.0839 e. The van der Waals surface area contributed by atoms with Gasteiger partial charge in [-0.25, -0.2) is 0 Å². The first-order valence-corrected chi connectivity index (χ1v) is 8.39. The highest BCUT2D eigenvalue weighted by Crippen LogP contribution is 2.27. The lowest BCUT2D eigenvalue weighted by Crippen LogP contribution is -2.37. The van der Waals surface area contributed by atoms with E-state index in [-0.39, 0.29) is 5.92 Å². The molecule has 0 heterocycles. The third kappa shape index (κ3) is 4.86. The van der Waals surface area contributed by atoms with Crippen molar-refractivity contribution in [2.24, 2.45) is 5.92 Å². The Bertz CT molecular complexity index is 440. The highest BCUT2D eigenvalue weighted by atomic mass is 15.2. The number of rotatable bonds is 7. The van der Waals surface area contributed by atoms with E-state index >= 15 is 0 Å². The fraction of sp³-hybridized carbons (Fsp3) is 0.632. The van der Waals surface area contributed by atoms with E-state index in [9.17, 15) is 5.26 Å². The van der Waals surface area contributed by atoms with Crippen molar-refractivity contribution in [1.82, 2.24) is 4.90 Å². The molecule has 1 saturated carbocycles. The molecule has 1 unspecified atom stereocenters. The number of hydrogen-bond donors (Lipinski definition) is 0. The molecule has 0 radical (unpaired) electrons. The van der Waals surface area contributed by atoms with Crippen molar-refractivity contribution in [3.05, 3.63) is 35.9 Å². The van der Waals surface area contributed by atoms with Crippen molar-refractivity contribution in [3.8, 4) is 6.07 Å². The van der Waals surface area contributed by atoms with Gasteiger partial charge in [-0.1, -0.05) is 57.0 Å². The Morgan fingerprint density at radius 1 is 1.19 bits per heavy atom. The molecule has 2 rings (SSSR count). The third-order valence-electron chi connectivity index (χ3n) is 4.61. The van der Waals surface area contributed by atoms with Gasteiger partial charge in [-0.15, -0.1) is 0 Å². The smallest absolute Gasteiger partial charge is 0.0839 e. The molecule has 2 heteroatoms. The second-order valence-corrected chi connectivity index (χ2v) is 6.71. The van der Waals surface area contributed by atoms with Gasteiger partial charge >= 0.3 is 0 Å². The lowest BCUT2D eigenvalue weighted by molar-refractivity contribution is 0.184. The van der Waals surface area contributed by atoms with Gasteiger partial charge in [0, 0.05) is 12.6 Å². The molecule has 0 spiro atoms. The first-order valence-electron chi connectivity index (χ1n) is 8.39. The fourth-order valence-corrected chi connectivity index (χ4v) is 3.26. The first-order chi connectivity index (χ1) is 10.2. The summed E-state index contributed by atoms with van der Waals surface area (Å²) in [4.78, 5) is 2.59. The maximum absolute atomic E-state index is 9.57. The summed E-state index contributed by atoms with van der Waals surface area (Å²) in [5, 5.41) is 9.57. The van der Waals surface area contributed by atoms with Crippen molar-refractivity contribution < 1.29 is 0 Å². The third-order valence-corrected chi connectivity index (χ3v) is 4.61. The summed E-state index contributed by atoms with van der Waals surface area (Å²) in [6.45, 7) is 6.59. The number of benzene rings is 1. The molecule has 1 atom stereocenters. The average molecular weight is 284 g/mol. The fourth-order valence-electron chi connectivity index (χ4n) is 3.26. The Labute approximate surface area is 129 Å². The Balaban J connectivity index is 2.03. The summed E-state index contributed by atoms with van der Waals surface area (Å²) in [6.07, 6.45) is 6.55. The molecular weight excluding hydrogens is 256 g/mol. The maximum atomic E-state index is 9.57. The number of hydrogen-bond acceptors (Lipinski definition) is 2. The molecule has 1 aromatic rings. The quantitative estimate of drug-likeness (QED) is 0.732. The van der Waals surface area contributed by atoms with Gasteiger partial charge in [-0.05, 0) is 37.3 Å². The van der Waals surface area contributed by atoms with Gasteiger partial charge in [0.2, 0.25) is 0 Å². The predicted octanol–water partition coefficient (Wildman–Crippen LogP) is 4.58. The molecule has 2 nitrogen and oxygen atoms in total. The monoisotopic (exact) mass is 284 g/mol. The molecule has 1 fully saturated rings. The van der Waals surface area contributed by atoms with E-state index in [0.29, 0.717) is 6.04 Å². The zero-order valence-electron chi connectivity index (χ0n) is 13.5. The largest absolute Gasteiger partial charge is 0.299 e. The minimum atomic E-state index is -0.000961. The summed E-state index contributed by atoms with van der Waals surface area (Å²) in [5.41, 5.74) is 1.16. The Hall–Kier alpha value is -1.33. The summed E-state index contributed by atoms with van der Waals surface area (Å²) in [5.74, 6) is 0.727. The van der Waals surface area contributed by atoms with Crippen LogP contribution in [0.5, 0.6) is 0 Å². The summed E-state index contributed by atoms with van der Waals surface area (Å²) < 4.78 is 0. The molecule has 0 N–H and O–H groups in total. The van der Waals surface area contributed by atoms with Crippen LogP contribution in [0.1, 0.15) is 57.4 Å². The van der Waals surface area contributed by atoms with E-state index in [2.05, 4.69) is 36.9 Å². The molecule has 21 heavy (non-hydrogen) atoms. The molecule has 1 aromatic carbocycles. The van der Waals surface area contributed by atoms with Crippen molar-refractivity contribution in [1.29, 1.82) is 5.26 Å². The Morgan fingerprint density at radius 3 is 2.43 bits per heavy atom. The van der Waals surface area contributed by atoms with E-state index < -0.39 is 0 Å². The van der Waals surface area contributed by atoms with E-state index in [0.717, 1.165) is 24.6 Å². The molecule has 0 aliphatic heterocycles. The van der Waals surface area contributed by atoms with Crippen LogP contribution in [-0.4, -0.2) is 24.0 Å². The molecule has 114 valence electrons. The normalized spacial score (nSPS) is 17.3. The van der Waals surface area contributed by atoms with Crippen LogP contribution in [0.25, 0.3) is 0 Å². The van der Waals surface area contributed by atoms with Gasteiger partial charge in [-0.2, -0.15) is 5.26 Å². The first kappa shape index (κ1) is 16.0. The van der Waals surface area contributed by atoms with Crippen LogP contribution in [0, 0.1) is 17.2 Å². The van der Waals surface area contributed by atoms with Gasteiger partial charge in [0.25, 0.3) is 0 Å². The van der Waals surface area contributed by atoms with E-state index in [4.69, 9.17) is 0 Å². The van der Waals surface area contributed by atoms with Crippen molar-refractivity contribution in [2.45, 2.75) is 57.9 Å². The van der Waals surface area contributed by atoms with E-state index in [1.807, 2.05) is 18.2 Å². The Morgan fingerprint density at radius 2 is 1.86 bits per heavy atom. The van der Waals surface area contributed by atoms with Crippen LogP contribution in [0.3, 0.4) is 0 Å². The van der Waals surface area contributed by atoms with Crippen molar-refractivity contribution in [2.75, 3.05) is 13.1 Å². The molecule has 0 amide bonds. The van der Waals surface area contributed by atoms with Gasteiger partial charge in [0.05, 0.1) is 12.0 Å². The minimum Gasteiger partial charge on any atom is -0.299 e. The van der Waals surface area contributed by atoms with Crippen LogP contribution < -0.4 is 0 Å². The minimum absolute atomic E-state index is 0.000961. The average Bonchev–Trinajstić information content (AvgIpc) is 3.02. The number of nitriles is 1. The second kappa shape index (κ2) is 8.20. The van der Waals surface area contributed by atoms with Gasteiger partial charge in [0.1, 0.15) is 0 Å². The van der Waals surface area contributed by atoms with Crippen molar-refractivity contribution >= 4 is 0 Å². The van der Waals surface area contributed by atoms with E-state index in [1.165, 1.54) is 32.1 Å².